The first-order chi connectivity index (χ1) is 9.86. The molecule has 20 heavy (non-hydrogen) atoms. The Labute approximate surface area is 118 Å². The van der Waals surface area contributed by atoms with Crippen LogP contribution >= 0.6 is 0 Å². The van der Waals surface area contributed by atoms with Crippen LogP contribution in [0.4, 0.5) is 0 Å². The lowest BCUT2D eigenvalue weighted by atomic mass is 10.4. The molecule has 6 heteroatoms. The molecule has 0 aromatic carbocycles. The summed E-state index contributed by atoms with van der Waals surface area (Å²) in [5.41, 5.74) is 1.21. The molecule has 0 atom stereocenters. The van der Waals surface area contributed by atoms with Crippen molar-refractivity contribution < 1.29 is 9.26 Å². The molecular formula is C14H20N4O2. The van der Waals surface area contributed by atoms with Gasteiger partial charge in [0.25, 0.3) is 0 Å². The van der Waals surface area contributed by atoms with Gasteiger partial charge in [0, 0.05) is 38.0 Å². The van der Waals surface area contributed by atoms with Crippen LogP contribution in [-0.4, -0.2) is 35.0 Å². The second-order valence-corrected chi connectivity index (χ2v) is 5.12. The summed E-state index contributed by atoms with van der Waals surface area (Å²) >= 11 is 0. The van der Waals surface area contributed by atoms with Crippen molar-refractivity contribution in [3.63, 3.8) is 0 Å². The average Bonchev–Trinajstić information content (AvgIpc) is 3.05. The minimum absolute atomic E-state index is 0.510. The Morgan fingerprint density at radius 2 is 2.40 bits per heavy atom. The fourth-order valence-electron chi connectivity index (χ4n) is 2.14. The van der Waals surface area contributed by atoms with E-state index in [4.69, 9.17) is 9.26 Å². The number of nitrogens with zero attached hydrogens (tertiary/aromatic N) is 3. The fourth-order valence-corrected chi connectivity index (χ4v) is 2.14. The van der Waals surface area contributed by atoms with Crippen LogP contribution in [0.15, 0.2) is 22.9 Å². The third-order valence-corrected chi connectivity index (χ3v) is 3.43. The van der Waals surface area contributed by atoms with Crippen LogP contribution < -0.4 is 5.32 Å². The molecule has 1 aliphatic rings. The summed E-state index contributed by atoms with van der Waals surface area (Å²) in [4.78, 5) is 4.46. The van der Waals surface area contributed by atoms with Gasteiger partial charge in [-0.2, -0.15) is 4.98 Å². The van der Waals surface area contributed by atoms with E-state index in [2.05, 4.69) is 26.1 Å². The van der Waals surface area contributed by atoms with Crippen molar-refractivity contribution in [2.24, 2.45) is 0 Å². The fraction of sp³-hybridized carbons (Fsp3) is 0.571. The zero-order valence-electron chi connectivity index (χ0n) is 11.7. The predicted octanol–water partition coefficient (Wildman–Crippen LogP) is 1.53. The molecule has 3 rings (SSSR count). The highest BCUT2D eigenvalue weighted by Crippen LogP contribution is 2.38. The zero-order valence-corrected chi connectivity index (χ0v) is 11.7. The lowest BCUT2D eigenvalue weighted by Gasteiger charge is -2.08. The molecule has 2 aromatic heterocycles. The average molecular weight is 276 g/mol. The van der Waals surface area contributed by atoms with Crippen molar-refractivity contribution >= 4 is 0 Å². The highest BCUT2D eigenvalue weighted by molar-refractivity contribution is 5.09. The first-order valence-electron chi connectivity index (χ1n) is 7.03. The molecule has 1 N–H and O–H groups in total. The quantitative estimate of drug-likeness (QED) is 0.741. The number of nitrogens with one attached hydrogen (secondary N) is 1. The minimum Gasteiger partial charge on any atom is -0.383 e. The van der Waals surface area contributed by atoms with Gasteiger partial charge >= 0.3 is 0 Å². The normalized spacial score (nSPS) is 14.8. The molecule has 1 aliphatic carbocycles. The molecule has 0 saturated heterocycles. The summed E-state index contributed by atoms with van der Waals surface area (Å²) in [7, 11) is 1.71. The van der Waals surface area contributed by atoms with E-state index in [-0.39, 0.29) is 0 Å². The van der Waals surface area contributed by atoms with Gasteiger partial charge in [0.05, 0.1) is 13.2 Å². The number of ether oxygens (including phenoxy) is 1. The molecule has 1 saturated carbocycles. The molecule has 6 nitrogen and oxygen atoms in total. The van der Waals surface area contributed by atoms with Crippen LogP contribution in [0.3, 0.4) is 0 Å². The molecule has 0 bridgehead atoms. The molecule has 0 amide bonds. The van der Waals surface area contributed by atoms with E-state index in [1.165, 1.54) is 18.5 Å². The van der Waals surface area contributed by atoms with Gasteiger partial charge in [-0.05, 0) is 25.0 Å². The Morgan fingerprint density at radius 1 is 1.50 bits per heavy atom. The van der Waals surface area contributed by atoms with Gasteiger partial charge < -0.3 is 19.1 Å². The number of methoxy groups -OCH3 is 1. The van der Waals surface area contributed by atoms with Gasteiger partial charge in [0.2, 0.25) is 5.89 Å². The molecule has 1 fully saturated rings. The van der Waals surface area contributed by atoms with Crippen molar-refractivity contribution in [3.05, 3.63) is 35.7 Å². The molecule has 2 aromatic rings. The standard InChI is InChI=1S/C14H20N4O2/c1-19-8-6-15-9-12-3-2-7-18(12)10-13-16-14(20-17-13)11-4-5-11/h2-3,7,11,15H,4-6,8-10H2,1H3. The van der Waals surface area contributed by atoms with Crippen molar-refractivity contribution in [2.45, 2.75) is 31.8 Å². The largest absolute Gasteiger partial charge is 0.383 e. The van der Waals surface area contributed by atoms with Gasteiger partial charge in [-0.15, -0.1) is 0 Å². The van der Waals surface area contributed by atoms with E-state index >= 15 is 0 Å². The molecular weight excluding hydrogens is 256 g/mol. The van der Waals surface area contributed by atoms with Gasteiger partial charge in [-0.3, -0.25) is 0 Å². The van der Waals surface area contributed by atoms with Crippen LogP contribution in [-0.2, 0) is 17.8 Å². The Balaban J connectivity index is 1.57. The number of hydrogen-bond acceptors (Lipinski definition) is 5. The van der Waals surface area contributed by atoms with E-state index < -0.39 is 0 Å². The SMILES string of the molecule is COCCNCc1cccn1Cc1noc(C2CC2)n1. The van der Waals surface area contributed by atoms with E-state index in [1.54, 1.807) is 7.11 Å². The van der Waals surface area contributed by atoms with E-state index in [1.807, 2.05) is 12.3 Å². The van der Waals surface area contributed by atoms with E-state index in [9.17, 15) is 0 Å². The summed E-state index contributed by atoms with van der Waals surface area (Å²) < 4.78 is 12.4. The summed E-state index contributed by atoms with van der Waals surface area (Å²) in [5, 5.41) is 7.39. The van der Waals surface area contributed by atoms with Crippen LogP contribution in [0.1, 0.15) is 36.2 Å². The summed E-state index contributed by atoms with van der Waals surface area (Å²) in [5.74, 6) is 2.06. The highest BCUT2D eigenvalue weighted by atomic mass is 16.5. The van der Waals surface area contributed by atoms with Crippen molar-refractivity contribution in [1.82, 2.24) is 20.0 Å². The van der Waals surface area contributed by atoms with Crippen LogP contribution in [0.2, 0.25) is 0 Å². The van der Waals surface area contributed by atoms with E-state index in [0.29, 0.717) is 12.5 Å². The van der Waals surface area contributed by atoms with Crippen molar-refractivity contribution in [3.8, 4) is 0 Å². The topological polar surface area (TPSA) is 65.1 Å². The number of rotatable bonds is 8. The third-order valence-electron chi connectivity index (χ3n) is 3.43. The van der Waals surface area contributed by atoms with Crippen LogP contribution in [0.25, 0.3) is 0 Å². The molecule has 2 heterocycles. The maximum atomic E-state index is 5.28. The molecule has 0 unspecified atom stereocenters. The summed E-state index contributed by atoms with van der Waals surface area (Å²) in [6, 6.07) is 4.14. The Hall–Kier alpha value is -1.66. The third kappa shape index (κ3) is 3.26. The summed E-state index contributed by atoms with van der Waals surface area (Å²) in [6.45, 7) is 3.03. The van der Waals surface area contributed by atoms with Gasteiger partial charge in [0.15, 0.2) is 5.82 Å². The van der Waals surface area contributed by atoms with E-state index in [0.717, 1.165) is 31.4 Å². The monoisotopic (exact) mass is 276 g/mol. The van der Waals surface area contributed by atoms with Gasteiger partial charge in [-0.25, -0.2) is 0 Å². The smallest absolute Gasteiger partial charge is 0.229 e. The highest BCUT2D eigenvalue weighted by Gasteiger charge is 2.29. The zero-order chi connectivity index (χ0) is 13.8. The first-order valence-corrected chi connectivity index (χ1v) is 7.03. The van der Waals surface area contributed by atoms with Crippen molar-refractivity contribution in [1.29, 1.82) is 0 Å². The molecule has 0 aliphatic heterocycles. The maximum absolute atomic E-state index is 5.28. The van der Waals surface area contributed by atoms with Gasteiger partial charge in [-0.1, -0.05) is 5.16 Å². The second-order valence-electron chi connectivity index (χ2n) is 5.12. The van der Waals surface area contributed by atoms with Crippen molar-refractivity contribution in [2.75, 3.05) is 20.3 Å². The number of aromatic nitrogens is 3. The summed E-state index contributed by atoms with van der Waals surface area (Å²) in [6.07, 6.45) is 4.40. The predicted molar refractivity (Wildman–Crippen MR) is 73.4 cm³/mol. The lowest BCUT2D eigenvalue weighted by molar-refractivity contribution is 0.199. The molecule has 0 spiro atoms. The maximum Gasteiger partial charge on any atom is 0.229 e. The minimum atomic E-state index is 0.510. The molecule has 0 radical (unpaired) electrons. The van der Waals surface area contributed by atoms with Crippen LogP contribution in [0, 0.1) is 0 Å². The number of hydrogen-bond donors (Lipinski definition) is 1. The Bertz CT molecular complexity index is 545. The van der Waals surface area contributed by atoms with Gasteiger partial charge in [0.1, 0.15) is 0 Å². The lowest BCUT2D eigenvalue weighted by Crippen LogP contribution is -2.20. The first kappa shape index (κ1) is 13.3. The Morgan fingerprint density at radius 3 is 3.20 bits per heavy atom. The Kier molecular flexibility index (Phi) is 4.13. The molecule has 108 valence electrons. The van der Waals surface area contributed by atoms with Crippen LogP contribution in [0.5, 0.6) is 0 Å². The second kappa shape index (κ2) is 6.19.